The van der Waals surface area contributed by atoms with E-state index in [2.05, 4.69) is 17.1 Å². The van der Waals surface area contributed by atoms with E-state index in [-0.39, 0.29) is 0 Å². The Balaban J connectivity index is 1.66. The lowest BCUT2D eigenvalue weighted by molar-refractivity contribution is 0.0739. The van der Waals surface area contributed by atoms with Gasteiger partial charge in [0.05, 0.1) is 0 Å². The number of hydrogen-bond donors (Lipinski definition) is 1. The SMILES string of the molecule is CNC(C)CN1CC2(CC2)C1. The number of nitrogens with one attached hydrogen (secondary N) is 1. The van der Waals surface area contributed by atoms with Gasteiger partial charge in [-0.25, -0.2) is 0 Å². The smallest absolute Gasteiger partial charge is 0.0163 e. The molecule has 2 rings (SSSR count). The summed E-state index contributed by atoms with van der Waals surface area (Å²) in [6.07, 6.45) is 2.99. The van der Waals surface area contributed by atoms with Gasteiger partial charge in [-0.1, -0.05) is 0 Å². The Morgan fingerprint density at radius 2 is 2.09 bits per heavy atom. The molecule has 1 aliphatic carbocycles. The summed E-state index contributed by atoms with van der Waals surface area (Å²) in [5.41, 5.74) is 0.827. The maximum Gasteiger partial charge on any atom is 0.0163 e. The van der Waals surface area contributed by atoms with Gasteiger partial charge in [0.15, 0.2) is 0 Å². The van der Waals surface area contributed by atoms with E-state index in [4.69, 9.17) is 0 Å². The van der Waals surface area contributed by atoms with Crippen molar-refractivity contribution in [3.63, 3.8) is 0 Å². The number of likely N-dealkylation sites (tertiary alicyclic amines) is 1. The molecule has 2 nitrogen and oxygen atoms in total. The van der Waals surface area contributed by atoms with E-state index < -0.39 is 0 Å². The zero-order valence-corrected chi connectivity index (χ0v) is 7.56. The van der Waals surface area contributed by atoms with Gasteiger partial charge in [-0.3, -0.25) is 0 Å². The minimum Gasteiger partial charge on any atom is -0.316 e. The van der Waals surface area contributed by atoms with Crippen LogP contribution in [0.4, 0.5) is 0 Å². The van der Waals surface area contributed by atoms with Crippen LogP contribution in [0.25, 0.3) is 0 Å². The standard InChI is InChI=1S/C9H18N2/c1-8(10-2)5-11-6-9(7-11)3-4-9/h8,10H,3-7H2,1-2H3. The maximum atomic E-state index is 3.27. The Kier molecular flexibility index (Phi) is 1.69. The van der Waals surface area contributed by atoms with E-state index in [0.717, 1.165) is 5.41 Å². The molecule has 1 aliphatic heterocycles. The molecule has 1 heterocycles. The minimum absolute atomic E-state index is 0.658. The van der Waals surface area contributed by atoms with E-state index in [0.29, 0.717) is 6.04 Å². The van der Waals surface area contributed by atoms with Crippen molar-refractivity contribution in [2.45, 2.75) is 25.8 Å². The van der Waals surface area contributed by atoms with Crippen molar-refractivity contribution in [3.05, 3.63) is 0 Å². The summed E-state index contributed by atoms with van der Waals surface area (Å²) in [5, 5.41) is 3.27. The molecule has 0 amide bonds. The summed E-state index contributed by atoms with van der Waals surface area (Å²) in [6, 6.07) is 0.658. The van der Waals surface area contributed by atoms with Crippen LogP contribution >= 0.6 is 0 Å². The van der Waals surface area contributed by atoms with Gasteiger partial charge in [-0.15, -0.1) is 0 Å². The van der Waals surface area contributed by atoms with Crippen molar-refractivity contribution in [1.82, 2.24) is 10.2 Å². The van der Waals surface area contributed by atoms with Gasteiger partial charge in [0, 0.05) is 25.7 Å². The average Bonchev–Trinajstić information content (AvgIpc) is 2.66. The van der Waals surface area contributed by atoms with E-state index in [1.165, 1.54) is 32.5 Å². The Hall–Kier alpha value is -0.0800. The summed E-state index contributed by atoms with van der Waals surface area (Å²) >= 11 is 0. The second-order valence-corrected chi connectivity index (χ2v) is 4.36. The van der Waals surface area contributed by atoms with Gasteiger partial charge < -0.3 is 10.2 Å². The van der Waals surface area contributed by atoms with Gasteiger partial charge >= 0.3 is 0 Å². The summed E-state index contributed by atoms with van der Waals surface area (Å²) < 4.78 is 0. The highest BCUT2D eigenvalue weighted by atomic mass is 15.2. The Labute approximate surface area is 69.0 Å². The van der Waals surface area contributed by atoms with Gasteiger partial charge in [-0.05, 0) is 32.2 Å². The number of rotatable bonds is 3. The van der Waals surface area contributed by atoms with Crippen LogP contribution in [0.15, 0.2) is 0 Å². The summed E-state index contributed by atoms with van der Waals surface area (Å²) in [6.45, 7) is 6.23. The van der Waals surface area contributed by atoms with Crippen LogP contribution in [-0.2, 0) is 0 Å². The molecular formula is C9H18N2. The first-order valence-electron chi connectivity index (χ1n) is 4.64. The van der Waals surface area contributed by atoms with Crippen molar-refractivity contribution in [3.8, 4) is 0 Å². The van der Waals surface area contributed by atoms with Crippen LogP contribution in [0.1, 0.15) is 19.8 Å². The predicted octanol–water partition coefficient (Wildman–Crippen LogP) is 0.690. The molecular weight excluding hydrogens is 136 g/mol. The molecule has 0 radical (unpaired) electrons. The van der Waals surface area contributed by atoms with Crippen LogP contribution in [0.5, 0.6) is 0 Å². The van der Waals surface area contributed by atoms with Crippen LogP contribution in [0.2, 0.25) is 0 Å². The molecule has 2 heteroatoms. The summed E-state index contributed by atoms with van der Waals surface area (Å²) in [4.78, 5) is 2.56. The molecule has 1 spiro atoms. The van der Waals surface area contributed by atoms with Crippen molar-refractivity contribution in [2.24, 2.45) is 5.41 Å². The van der Waals surface area contributed by atoms with Gasteiger partial charge in [-0.2, -0.15) is 0 Å². The molecule has 1 saturated carbocycles. The maximum absolute atomic E-state index is 3.27. The molecule has 11 heavy (non-hydrogen) atoms. The van der Waals surface area contributed by atoms with Crippen LogP contribution in [0.3, 0.4) is 0 Å². The summed E-state index contributed by atoms with van der Waals surface area (Å²) in [7, 11) is 2.04. The quantitative estimate of drug-likeness (QED) is 0.643. The van der Waals surface area contributed by atoms with Crippen LogP contribution < -0.4 is 5.32 Å². The third-order valence-corrected chi connectivity index (χ3v) is 3.10. The van der Waals surface area contributed by atoms with Crippen molar-refractivity contribution in [1.29, 1.82) is 0 Å². The highest BCUT2D eigenvalue weighted by Crippen LogP contribution is 2.52. The normalized spacial score (nSPS) is 30.0. The Morgan fingerprint density at radius 1 is 1.45 bits per heavy atom. The molecule has 0 bridgehead atoms. The first-order valence-corrected chi connectivity index (χ1v) is 4.64. The molecule has 2 aliphatic rings. The molecule has 0 aromatic heterocycles. The fourth-order valence-corrected chi connectivity index (χ4v) is 2.00. The molecule has 0 aromatic rings. The lowest BCUT2D eigenvalue weighted by Crippen LogP contribution is -2.52. The topological polar surface area (TPSA) is 15.3 Å². The zero-order valence-electron chi connectivity index (χ0n) is 7.56. The molecule has 2 fully saturated rings. The Bertz CT molecular complexity index is 144. The zero-order chi connectivity index (χ0) is 7.90. The third kappa shape index (κ3) is 1.42. The highest BCUT2D eigenvalue weighted by molar-refractivity contribution is 5.05. The van der Waals surface area contributed by atoms with Crippen LogP contribution in [0, 0.1) is 5.41 Å². The van der Waals surface area contributed by atoms with E-state index in [1.807, 2.05) is 7.05 Å². The second kappa shape index (κ2) is 2.46. The molecule has 1 atom stereocenters. The number of likely N-dealkylation sites (N-methyl/N-ethyl adjacent to an activating group) is 1. The number of nitrogens with zero attached hydrogens (tertiary/aromatic N) is 1. The fourth-order valence-electron chi connectivity index (χ4n) is 2.00. The monoisotopic (exact) mass is 154 g/mol. The van der Waals surface area contributed by atoms with Crippen molar-refractivity contribution in [2.75, 3.05) is 26.7 Å². The predicted molar refractivity (Wildman–Crippen MR) is 46.6 cm³/mol. The van der Waals surface area contributed by atoms with Crippen LogP contribution in [-0.4, -0.2) is 37.6 Å². The Morgan fingerprint density at radius 3 is 2.55 bits per heavy atom. The van der Waals surface area contributed by atoms with Gasteiger partial charge in [0.1, 0.15) is 0 Å². The molecule has 64 valence electrons. The second-order valence-electron chi connectivity index (χ2n) is 4.36. The van der Waals surface area contributed by atoms with Crippen molar-refractivity contribution < 1.29 is 0 Å². The first-order chi connectivity index (χ1) is 5.24. The lowest BCUT2D eigenvalue weighted by atomic mass is 9.96. The number of hydrogen-bond acceptors (Lipinski definition) is 2. The highest BCUT2D eigenvalue weighted by Gasteiger charge is 2.51. The van der Waals surface area contributed by atoms with E-state index >= 15 is 0 Å². The van der Waals surface area contributed by atoms with E-state index in [1.54, 1.807) is 0 Å². The van der Waals surface area contributed by atoms with Gasteiger partial charge in [0.25, 0.3) is 0 Å². The third-order valence-electron chi connectivity index (χ3n) is 3.10. The molecule has 1 saturated heterocycles. The summed E-state index contributed by atoms with van der Waals surface area (Å²) in [5.74, 6) is 0. The first kappa shape index (κ1) is 7.56. The lowest BCUT2D eigenvalue weighted by Gasteiger charge is -2.41. The largest absolute Gasteiger partial charge is 0.316 e. The van der Waals surface area contributed by atoms with Crippen molar-refractivity contribution >= 4 is 0 Å². The fraction of sp³-hybridized carbons (Fsp3) is 1.00. The van der Waals surface area contributed by atoms with E-state index in [9.17, 15) is 0 Å². The molecule has 0 aromatic carbocycles. The average molecular weight is 154 g/mol. The molecule has 1 unspecified atom stereocenters. The minimum atomic E-state index is 0.658. The van der Waals surface area contributed by atoms with Gasteiger partial charge in [0.2, 0.25) is 0 Å². The molecule has 1 N–H and O–H groups in total.